The first-order chi connectivity index (χ1) is 2.64. The Labute approximate surface area is 41.4 Å². The van der Waals surface area contributed by atoms with Gasteiger partial charge in [-0.3, -0.25) is 0 Å². The number of aliphatic hydroxyl groups is 2. The molecule has 6 heavy (non-hydrogen) atoms. The highest BCUT2D eigenvalue weighted by atomic mass is 35.5. The zero-order chi connectivity index (χ0) is 5.15. The molecule has 0 aliphatic heterocycles. The third-order valence-electron chi connectivity index (χ3n) is 0.398. The van der Waals surface area contributed by atoms with Crippen LogP contribution in [0.2, 0.25) is 0 Å². The first-order valence-electron chi connectivity index (χ1n) is 1.65. The fourth-order valence-electron chi connectivity index (χ4n) is 0. The number of hydrogen-bond donors (Lipinski definition) is 2. The maximum Gasteiger partial charge on any atom is 0.153 e. The molecule has 0 radical (unpaired) electrons. The number of rotatable bonds is 1. The second-order valence-electron chi connectivity index (χ2n) is 1.11. The van der Waals surface area contributed by atoms with Crippen molar-refractivity contribution in [3.05, 3.63) is 0 Å². The van der Waals surface area contributed by atoms with E-state index in [1.54, 1.807) is 0 Å². The van der Waals surface area contributed by atoms with E-state index in [4.69, 9.17) is 21.8 Å². The average Bonchev–Trinajstić information content (AvgIpc) is 1.36. The predicted octanol–water partition coefficient (Wildman–Crippen LogP) is -0.0756. The summed E-state index contributed by atoms with van der Waals surface area (Å²) in [6.45, 7) is 1.41. The van der Waals surface area contributed by atoms with Crippen molar-refractivity contribution in [1.29, 1.82) is 0 Å². The molecule has 2 unspecified atom stereocenters. The molecule has 38 valence electrons. The quantitative estimate of drug-likeness (QED) is 0.464. The van der Waals surface area contributed by atoms with Gasteiger partial charge in [0.05, 0.1) is 6.10 Å². The maximum absolute atomic E-state index is 8.25. The van der Waals surface area contributed by atoms with Crippen molar-refractivity contribution in [2.24, 2.45) is 0 Å². The molecule has 0 fully saturated rings. The van der Waals surface area contributed by atoms with E-state index in [0.717, 1.165) is 0 Å². The van der Waals surface area contributed by atoms with Gasteiger partial charge < -0.3 is 10.2 Å². The molecule has 2 N–H and O–H groups in total. The summed E-state index contributed by atoms with van der Waals surface area (Å²) in [4.78, 5) is 0. The molecular weight excluding hydrogens is 103 g/mol. The van der Waals surface area contributed by atoms with Gasteiger partial charge in [-0.05, 0) is 6.92 Å². The van der Waals surface area contributed by atoms with Crippen molar-refractivity contribution in [1.82, 2.24) is 0 Å². The van der Waals surface area contributed by atoms with Crippen LogP contribution in [0.1, 0.15) is 6.92 Å². The Kier molecular flexibility index (Phi) is 2.48. The molecular formula is C3H7ClO2. The minimum atomic E-state index is -1.12. The fraction of sp³-hybridized carbons (Fsp3) is 1.00. The minimum absolute atomic E-state index is 0.827. The largest absolute Gasteiger partial charge is 0.389 e. The third kappa shape index (κ3) is 2.45. The van der Waals surface area contributed by atoms with E-state index in [1.807, 2.05) is 0 Å². The van der Waals surface area contributed by atoms with Crippen molar-refractivity contribution >= 4 is 11.6 Å². The van der Waals surface area contributed by atoms with E-state index >= 15 is 0 Å². The van der Waals surface area contributed by atoms with Crippen LogP contribution in [-0.2, 0) is 0 Å². The smallest absolute Gasteiger partial charge is 0.153 e. The van der Waals surface area contributed by atoms with Gasteiger partial charge in [-0.25, -0.2) is 0 Å². The van der Waals surface area contributed by atoms with Crippen molar-refractivity contribution in [2.45, 2.75) is 18.6 Å². The lowest BCUT2D eigenvalue weighted by Crippen LogP contribution is -2.14. The van der Waals surface area contributed by atoms with Gasteiger partial charge >= 0.3 is 0 Å². The topological polar surface area (TPSA) is 40.5 Å². The van der Waals surface area contributed by atoms with E-state index in [0.29, 0.717) is 0 Å². The zero-order valence-electron chi connectivity index (χ0n) is 3.43. The van der Waals surface area contributed by atoms with Gasteiger partial charge in [0.15, 0.2) is 5.56 Å². The number of hydrogen-bond acceptors (Lipinski definition) is 2. The zero-order valence-corrected chi connectivity index (χ0v) is 4.18. The lowest BCUT2D eigenvalue weighted by Gasteiger charge is -2.01. The SMILES string of the molecule is CC(O)C(O)Cl. The van der Waals surface area contributed by atoms with Crippen LogP contribution in [-0.4, -0.2) is 21.9 Å². The first kappa shape index (κ1) is 6.21. The molecule has 0 rings (SSSR count). The highest BCUT2D eigenvalue weighted by Crippen LogP contribution is 1.94. The van der Waals surface area contributed by atoms with Gasteiger partial charge in [0.1, 0.15) is 0 Å². The molecule has 0 amide bonds. The molecule has 3 heteroatoms. The van der Waals surface area contributed by atoms with Crippen LogP contribution >= 0.6 is 11.6 Å². The molecule has 0 aliphatic rings. The molecule has 0 spiro atoms. The maximum atomic E-state index is 8.25. The molecule has 2 nitrogen and oxygen atoms in total. The Balaban J connectivity index is 2.99. The van der Waals surface area contributed by atoms with Gasteiger partial charge in [-0.2, -0.15) is 0 Å². The summed E-state index contributed by atoms with van der Waals surface area (Å²) < 4.78 is 0. The summed E-state index contributed by atoms with van der Waals surface area (Å²) in [5.41, 5.74) is -1.12. The molecule has 0 bridgehead atoms. The van der Waals surface area contributed by atoms with Crippen LogP contribution in [0.4, 0.5) is 0 Å². The number of alkyl halides is 1. The Hall–Kier alpha value is 0.210. The Morgan fingerprint density at radius 1 is 1.50 bits per heavy atom. The Morgan fingerprint density at radius 2 is 1.67 bits per heavy atom. The lowest BCUT2D eigenvalue weighted by molar-refractivity contribution is 0.0827. The van der Waals surface area contributed by atoms with E-state index in [-0.39, 0.29) is 0 Å². The van der Waals surface area contributed by atoms with E-state index < -0.39 is 11.7 Å². The second-order valence-corrected chi connectivity index (χ2v) is 1.56. The number of halogens is 1. The molecule has 0 aromatic carbocycles. The summed E-state index contributed by atoms with van der Waals surface area (Å²) >= 11 is 4.92. The van der Waals surface area contributed by atoms with Crippen LogP contribution in [0, 0.1) is 0 Å². The number of aliphatic hydroxyl groups excluding tert-OH is 2. The normalized spacial score (nSPS) is 20.0. The molecule has 0 heterocycles. The molecule has 0 saturated carbocycles. The predicted molar refractivity (Wildman–Crippen MR) is 23.5 cm³/mol. The van der Waals surface area contributed by atoms with E-state index in [2.05, 4.69) is 0 Å². The minimum Gasteiger partial charge on any atom is -0.389 e. The summed E-state index contributed by atoms with van der Waals surface area (Å²) in [7, 11) is 0. The molecule has 0 aromatic heterocycles. The average molecular weight is 111 g/mol. The van der Waals surface area contributed by atoms with Crippen LogP contribution in [0.5, 0.6) is 0 Å². The van der Waals surface area contributed by atoms with Crippen LogP contribution in [0.3, 0.4) is 0 Å². The Morgan fingerprint density at radius 3 is 1.67 bits per heavy atom. The summed E-state index contributed by atoms with van der Waals surface area (Å²) in [6, 6.07) is 0. The van der Waals surface area contributed by atoms with Crippen molar-refractivity contribution in [2.75, 3.05) is 0 Å². The van der Waals surface area contributed by atoms with Gasteiger partial charge in [-0.1, -0.05) is 11.6 Å². The fourth-order valence-corrected chi connectivity index (χ4v) is 0. The van der Waals surface area contributed by atoms with Crippen LogP contribution in [0.15, 0.2) is 0 Å². The van der Waals surface area contributed by atoms with Gasteiger partial charge in [-0.15, -0.1) is 0 Å². The molecule has 2 atom stereocenters. The van der Waals surface area contributed by atoms with Crippen LogP contribution in [0.25, 0.3) is 0 Å². The highest BCUT2D eigenvalue weighted by molar-refractivity contribution is 6.19. The standard InChI is InChI=1S/C3H7ClO2/c1-2(5)3(4)6/h2-3,5-6H,1H3. The monoisotopic (exact) mass is 110 g/mol. The summed E-state index contributed by atoms with van der Waals surface area (Å²) in [6.07, 6.45) is -0.827. The van der Waals surface area contributed by atoms with Crippen molar-refractivity contribution in [3.8, 4) is 0 Å². The van der Waals surface area contributed by atoms with E-state index in [9.17, 15) is 0 Å². The summed E-state index contributed by atoms with van der Waals surface area (Å²) in [5, 5.41) is 16.4. The molecule has 0 aliphatic carbocycles. The molecule has 0 aromatic rings. The van der Waals surface area contributed by atoms with E-state index in [1.165, 1.54) is 6.92 Å². The Bertz CT molecular complexity index is 29.8. The molecule has 0 saturated heterocycles. The lowest BCUT2D eigenvalue weighted by atomic mass is 10.4. The van der Waals surface area contributed by atoms with Gasteiger partial charge in [0, 0.05) is 0 Å². The van der Waals surface area contributed by atoms with Gasteiger partial charge in [0.25, 0.3) is 0 Å². The van der Waals surface area contributed by atoms with Gasteiger partial charge in [0.2, 0.25) is 0 Å². The van der Waals surface area contributed by atoms with Crippen molar-refractivity contribution < 1.29 is 10.2 Å². The van der Waals surface area contributed by atoms with Crippen LogP contribution < -0.4 is 0 Å². The third-order valence-corrected chi connectivity index (χ3v) is 0.763. The van der Waals surface area contributed by atoms with Crippen molar-refractivity contribution in [3.63, 3.8) is 0 Å². The second kappa shape index (κ2) is 2.39. The highest BCUT2D eigenvalue weighted by Gasteiger charge is 2.02. The summed E-state index contributed by atoms with van der Waals surface area (Å²) in [5.74, 6) is 0. The first-order valence-corrected chi connectivity index (χ1v) is 2.08.